The summed E-state index contributed by atoms with van der Waals surface area (Å²) in [5.74, 6) is -2.03. The molecule has 6 heteroatoms. The van der Waals surface area contributed by atoms with Gasteiger partial charge in [0, 0.05) is 11.4 Å². The van der Waals surface area contributed by atoms with E-state index in [0.29, 0.717) is 11.4 Å². The first-order valence-corrected chi connectivity index (χ1v) is 6.45. The Kier molecular flexibility index (Phi) is 5.64. The Labute approximate surface area is 109 Å². The summed E-state index contributed by atoms with van der Waals surface area (Å²) in [5, 5.41) is 11.5. The molecule has 0 aromatic heterocycles. The molecule has 1 aromatic rings. The molecule has 18 heavy (non-hydrogen) atoms. The lowest BCUT2D eigenvalue weighted by Gasteiger charge is -2.05. The van der Waals surface area contributed by atoms with Gasteiger partial charge >= 0.3 is 5.97 Å². The van der Waals surface area contributed by atoms with E-state index in [1.807, 2.05) is 6.92 Å². The summed E-state index contributed by atoms with van der Waals surface area (Å²) in [5.41, 5.74) is -0.381. The number of thioether (sulfide) groups is 1. The zero-order valence-corrected chi connectivity index (χ0v) is 10.7. The average Bonchev–Trinajstić information content (AvgIpc) is 2.35. The van der Waals surface area contributed by atoms with Gasteiger partial charge in [-0.15, -0.1) is 11.8 Å². The first kappa shape index (κ1) is 14.5. The van der Waals surface area contributed by atoms with Crippen molar-refractivity contribution in [3.05, 3.63) is 29.6 Å². The number of carbonyl (C=O) groups excluding carboxylic acids is 1. The number of rotatable bonds is 6. The fraction of sp³-hybridized carbons (Fsp3) is 0.333. The highest BCUT2D eigenvalue weighted by molar-refractivity contribution is 8.00. The van der Waals surface area contributed by atoms with Crippen LogP contribution in [0.25, 0.3) is 0 Å². The third-order valence-corrected chi connectivity index (χ3v) is 3.10. The van der Waals surface area contributed by atoms with E-state index in [4.69, 9.17) is 5.11 Å². The van der Waals surface area contributed by atoms with Crippen molar-refractivity contribution >= 4 is 23.6 Å². The largest absolute Gasteiger partial charge is 0.478 e. The first-order chi connectivity index (χ1) is 8.54. The monoisotopic (exact) mass is 271 g/mol. The van der Waals surface area contributed by atoms with E-state index in [-0.39, 0.29) is 17.2 Å². The van der Waals surface area contributed by atoms with Crippen LogP contribution in [0.4, 0.5) is 4.39 Å². The third-order valence-electron chi connectivity index (χ3n) is 2.11. The number of carbonyl (C=O) groups is 2. The van der Waals surface area contributed by atoms with Gasteiger partial charge in [-0.2, -0.15) is 0 Å². The molecule has 0 spiro atoms. The van der Waals surface area contributed by atoms with Crippen LogP contribution >= 0.6 is 11.8 Å². The highest BCUT2D eigenvalue weighted by Crippen LogP contribution is 2.21. The topological polar surface area (TPSA) is 66.4 Å². The van der Waals surface area contributed by atoms with E-state index < -0.39 is 11.8 Å². The summed E-state index contributed by atoms with van der Waals surface area (Å²) >= 11 is 1.18. The smallest absolute Gasteiger partial charge is 0.338 e. The Morgan fingerprint density at radius 2 is 2.17 bits per heavy atom. The molecule has 2 N–H and O–H groups in total. The van der Waals surface area contributed by atoms with Crippen molar-refractivity contribution in [2.75, 3.05) is 12.3 Å². The van der Waals surface area contributed by atoms with E-state index in [9.17, 15) is 14.0 Å². The summed E-state index contributed by atoms with van der Waals surface area (Å²) in [6.45, 7) is 2.57. The Morgan fingerprint density at radius 1 is 1.44 bits per heavy atom. The van der Waals surface area contributed by atoms with Gasteiger partial charge in [0.15, 0.2) is 0 Å². The van der Waals surface area contributed by atoms with Crippen LogP contribution < -0.4 is 5.32 Å². The zero-order chi connectivity index (χ0) is 13.5. The summed E-state index contributed by atoms with van der Waals surface area (Å²) in [4.78, 5) is 22.6. The van der Waals surface area contributed by atoms with Gasteiger partial charge in [-0.3, -0.25) is 4.79 Å². The normalized spacial score (nSPS) is 10.1. The molecule has 1 rings (SSSR count). The maximum absolute atomic E-state index is 13.1. The fourth-order valence-corrected chi connectivity index (χ4v) is 1.99. The van der Waals surface area contributed by atoms with Crippen LogP contribution in [0.1, 0.15) is 23.7 Å². The fourth-order valence-electron chi connectivity index (χ4n) is 1.22. The second-order valence-corrected chi connectivity index (χ2v) is 4.63. The summed E-state index contributed by atoms with van der Waals surface area (Å²) < 4.78 is 13.1. The molecule has 0 aliphatic carbocycles. The second kappa shape index (κ2) is 7.00. The number of carboxylic acids is 1. The predicted octanol–water partition coefficient (Wildman–Crippen LogP) is 2.14. The summed E-state index contributed by atoms with van der Waals surface area (Å²) in [6.07, 6.45) is 0.857. The molecule has 0 aliphatic heterocycles. The molecule has 0 radical (unpaired) electrons. The highest BCUT2D eigenvalue weighted by Gasteiger charge is 2.11. The molecule has 0 aliphatic rings. The molecule has 0 bridgehead atoms. The lowest BCUT2D eigenvalue weighted by molar-refractivity contribution is -0.118. The average molecular weight is 271 g/mol. The Morgan fingerprint density at radius 3 is 2.78 bits per heavy atom. The van der Waals surface area contributed by atoms with Crippen LogP contribution in [-0.2, 0) is 4.79 Å². The van der Waals surface area contributed by atoms with Crippen LogP contribution in [0.15, 0.2) is 23.1 Å². The number of hydrogen-bond donors (Lipinski definition) is 2. The molecule has 1 aromatic carbocycles. The van der Waals surface area contributed by atoms with Gasteiger partial charge < -0.3 is 10.4 Å². The molecule has 0 atom stereocenters. The standard InChI is InChI=1S/C12H14FNO3S/c1-2-5-14-11(15)7-18-8-3-4-10(13)9(6-8)12(16)17/h3-4,6H,2,5,7H2,1H3,(H,14,15)(H,16,17). The second-order valence-electron chi connectivity index (χ2n) is 3.59. The van der Waals surface area contributed by atoms with Gasteiger partial charge in [0.05, 0.1) is 11.3 Å². The maximum Gasteiger partial charge on any atom is 0.338 e. The van der Waals surface area contributed by atoms with Crippen molar-refractivity contribution < 1.29 is 19.1 Å². The molecule has 1 amide bonds. The van der Waals surface area contributed by atoms with Crippen LogP contribution in [0, 0.1) is 5.82 Å². The lowest BCUT2D eigenvalue weighted by atomic mass is 10.2. The molecule has 4 nitrogen and oxygen atoms in total. The quantitative estimate of drug-likeness (QED) is 0.778. The molecule has 0 fully saturated rings. The number of benzene rings is 1. The van der Waals surface area contributed by atoms with Gasteiger partial charge in [-0.1, -0.05) is 6.92 Å². The molecule has 0 heterocycles. The van der Waals surface area contributed by atoms with Crippen LogP contribution in [-0.4, -0.2) is 29.3 Å². The minimum atomic E-state index is -1.31. The number of carboxylic acid groups (broad SMARTS) is 1. The third kappa shape index (κ3) is 4.37. The van der Waals surface area contributed by atoms with E-state index in [1.165, 1.54) is 23.9 Å². The zero-order valence-electron chi connectivity index (χ0n) is 9.90. The molecular formula is C12H14FNO3S. The van der Waals surface area contributed by atoms with Gasteiger partial charge in [0.25, 0.3) is 0 Å². The van der Waals surface area contributed by atoms with Crippen LogP contribution in [0.2, 0.25) is 0 Å². The minimum absolute atomic E-state index is 0.122. The van der Waals surface area contributed by atoms with Crippen molar-refractivity contribution in [3.63, 3.8) is 0 Å². The highest BCUT2D eigenvalue weighted by atomic mass is 32.2. The Balaban J connectivity index is 2.60. The van der Waals surface area contributed by atoms with Crippen molar-refractivity contribution in [3.8, 4) is 0 Å². The predicted molar refractivity (Wildman–Crippen MR) is 67.4 cm³/mol. The van der Waals surface area contributed by atoms with E-state index >= 15 is 0 Å². The van der Waals surface area contributed by atoms with E-state index in [1.54, 1.807) is 0 Å². The minimum Gasteiger partial charge on any atom is -0.478 e. The van der Waals surface area contributed by atoms with Crippen molar-refractivity contribution in [1.29, 1.82) is 0 Å². The summed E-state index contributed by atoms with van der Waals surface area (Å²) in [6, 6.07) is 3.78. The number of aromatic carboxylic acids is 1. The molecule has 98 valence electrons. The van der Waals surface area contributed by atoms with Gasteiger partial charge in [0.2, 0.25) is 5.91 Å². The van der Waals surface area contributed by atoms with E-state index in [2.05, 4.69) is 5.32 Å². The van der Waals surface area contributed by atoms with Crippen molar-refractivity contribution in [2.24, 2.45) is 0 Å². The molecule has 0 saturated heterocycles. The van der Waals surface area contributed by atoms with E-state index in [0.717, 1.165) is 12.5 Å². The lowest BCUT2D eigenvalue weighted by Crippen LogP contribution is -2.25. The molecule has 0 unspecified atom stereocenters. The van der Waals surface area contributed by atoms with Gasteiger partial charge in [0.1, 0.15) is 5.82 Å². The van der Waals surface area contributed by atoms with Crippen LogP contribution in [0.5, 0.6) is 0 Å². The van der Waals surface area contributed by atoms with Crippen LogP contribution in [0.3, 0.4) is 0 Å². The Bertz CT molecular complexity index is 451. The number of nitrogens with one attached hydrogen (secondary N) is 1. The molecular weight excluding hydrogens is 257 g/mol. The Hall–Kier alpha value is -1.56. The molecule has 0 saturated carbocycles. The number of hydrogen-bond acceptors (Lipinski definition) is 3. The summed E-state index contributed by atoms with van der Waals surface area (Å²) in [7, 11) is 0. The van der Waals surface area contributed by atoms with Crippen molar-refractivity contribution in [1.82, 2.24) is 5.32 Å². The maximum atomic E-state index is 13.1. The van der Waals surface area contributed by atoms with Gasteiger partial charge in [-0.05, 0) is 24.6 Å². The van der Waals surface area contributed by atoms with Crippen molar-refractivity contribution in [2.45, 2.75) is 18.2 Å². The van der Waals surface area contributed by atoms with Gasteiger partial charge in [-0.25, -0.2) is 9.18 Å². The number of halogens is 1. The number of amides is 1. The SMILES string of the molecule is CCCNC(=O)CSc1ccc(F)c(C(=O)O)c1. The first-order valence-electron chi connectivity index (χ1n) is 5.47.